The van der Waals surface area contributed by atoms with Crippen LogP contribution in [0, 0.1) is 47.3 Å². The van der Waals surface area contributed by atoms with E-state index in [0.29, 0.717) is 23.7 Å². The summed E-state index contributed by atoms with van der Waals surface area (Å²) in [6, 6.07) is 0. The van der Waals surface area contributed by atoms with E-state index in [1.807, 2.05) is 0 Å². The topological polar surface area (TPSA) is 154 Å². The van der Waals surface area contributed by atoms with Crippen molar-refractivity contribution in [2.75, 3.05) is 0 Å². The quantitative estimate of drug-likeness (QED) is 0.281. The fourth-order valence-electron chi connectivity index (χ4n) is 6.36. The number of fused-ring (bicyclic) bond motifs is 2. The van der Waals surface area contributed by atoms with E-state index < -0.39 is 0 Å². The molecule has 0 spiro atoms. The Labute approximate surface area is 121 Å². The van der Waals surface area contributed by atoms with Gasteiger partial charge in [0.15, 0.2) is 0 Å². The lowest BCUT2D eigenvalue weighted by Gasteiger charge is -2.44. The third-order valence-corrected chi connectivity index (χ3v) is 6.43. The molecule has 5 aliphatic carbocycles. The van der Waals surface area contributed by atoms with Gasteiger partial charge >= 0.3 is 0 Å². The number of hydrogen-bond acceptors (Lipinski definition) is 4. The van der Waals surface area contributed by atoms with Crippen molar-refractivity contribution in [1.29, 1.82) is 0 Å². The van der Waals surface area contributed by atoms with Crippen LogP contribution in [0.5, 0.6) is 0 Å². The number of rotatable bonds is 2. The van der Waals surface area contributed by atoms with E-state index in [0.717, 1.165) is 23.7 Å². The van der Waals surface area contributed by atoms with Crippen LogP contribution in [-0.2, 0) is 0 Å². The SMILES string of the molecule is NC(N)=N/N=C1/C2C3CC4C2/C(=N\N=C(N)N)C2C1C3C42. The van der Waals surface area contributed by atoms with Crippen LogP contribution in [0.25, 0.3) is 0 Å². The van der Waals surface area contributed by atoms with Gasteiger partial charge in [-0.25, -0.2) is 0 Å². The molecule has 0 aromatic rings. The van der Waals surface area contributed by atoms with Gasteiger partial charge < -0.3 is 22.9 Å². The predicted molar refractivity (Wildman–Crippen MR) is 79.0 cm³/mol. The predicted octanol–water partition coefficient (Wildman–Crippen LogP) is -1.37. The minimum Gasteiger partial charge on any atom is -0.369 e. The molecule has 0 radical (unpaired) electrons. The molecule has 5 rings (SSSR count). The Morgan fingerprint density at radius 2 is 1.14 bits per heavy atom. The normalized spacial score (nSPS) is 53.5. The number of guanidine groups is 2. The molecule has 8 atom stereocenters. The lowest BCUT2D eigenvalue weighted by atomic mass is 9.59. The standard InChI is InChI=1S/C13H18N8/c14-12(15)20-18-10-6-2-1-3-5-4(2)8(10)9(5)11(7(3)6)19-21-13(16)17/h2-9H,1H2,(H4,14,15,20)(H4,16,17,21)/b18-10-,19-11+. The van der Waals surface area contributed by atoms with Crippen molar-refractivity contribution in [3.05, 3.63) is 0 Å². The smallest absolute Gasteiger partial charge is 0.211 e. The molecule has 0 aliphatic heterocycles. The molecule has 2 bridgehead atoms. The van der Waals surface area contributed by atoms with E-state index in [9.17, 15) is 0 Å². The number of nitrogens with zero attached hydrogens (tertiary/aromatic N) is 4. The van der Waals surface area contributed by atoms with Gasteiger partial charge in [0.1, 0.15) is 0 Å². The molecule has 0 amide bonds. The maximum atomic E-state index is 5.42. The maximum Gasteiger partial charge on any atom is 0.211 e. The molecule has 0 heterocycles. The van der Waals surface area contributed by atoms with Gasteiger partial charge in [-0.3, -0.25) is 0 Å². The van der Waals surface area contributed by atoms with E-state index in [2.05, 4.69) is 20.4 Å². The second-order valence-corrected chi connectivity index (χ2v) is 6.92. The zero-order chi connectivity index (χ0) is 14.5. The van der Waals surface area contributed by atoms with Gasteiger partial charge in [0.05, 0.1) is 0 Å². The van der Waals surface area contributed by atoms with E-state index >= 15 is 0 Å². The number of hydrogen-bond donors (Lipinski definition) is 4. The Balaban J connectivity index is 1.60. The Morgan fingerprint density at radius 1 is 0.714 bits per heavy atom. The lowest BCUT2D eigenvalue weighted by molar-refractivity contribution is 0.0655. The first-order chi connectivity index (χ1) is 10.1. The summed E-state index contributed by atoms with van der Waals surface area (Å²) in [5.41, 5.74) is 24.1. The molecule has 8 heteroatoms. The van der Waals surface area contributed by atoms with Crippen LogP contribution >= 0.6 is 0 Å². The molecule has 8 nitrogen and oxygen atoms in total. The highest BCUT2D eigenvalue weighted by atomic mass is 15.3. The summed E-state index contributed by atoms with van der Waals surface area (Å²) in [4.78, 5) is 0. The molecular formula is C13H18N8. The fraction of sp³-hybridized carbons (Fsp3) is 0.692. The van der Waals surface area contributed by atoms with Gasteiger partial charge in [-0.2, -0.15) is 10.2 Å². The molecule has 5 aliphatic rings. The Hall–Kier alpha value is -2.12. The summed E-state index contributed by atoms with van der Waals surface area (Å²) in [5.74, 6) is 4.89. The van der Waals surface area contributed by atoms with Gasteiger partial charge in [-0.1, -0.05) is 0 Å². The summed E-state index contributed by atoms with van der Waals surface area (Å²) in [7, 11) is 0. The Morgan fingerprint density at radius 3 is 1.52 bits per heavy atom. The van der Waals surface area contributed by atoms with Gasteiger partial charge in [0, 0.05) is 35.1 Å². The zero-order valence-corrected chi connectivity index (χ0v) is 11.4. The first-order valence-electron chi connectivity index (χ1n) is 7.42. The van der Waals surface area contributed by atoms with Crippen LogP contribution in [0.4, 0.5) is 0 Å². The molecule has 0 aromatic heterocycles. The van der Waals surface area contributed by atoms with Gasteiger partial charge in [-0.15, -0.1) is 10.2 Å². The summed E-state index contributed by atoms with van der Waals surface area (Å²) in [6.07, 6.45) is 1.29. The van der Waals surface area contributed by atoms with Gasteiger partial charge in [0.25, 0.3) is 0 Å². The average Bonchev–Trinajstić information content (AvgIpc) is 2.91. The molecule has 5 saturated carbocycles. The van der Waals surface area contributed by atoms with Crippen LogP contribution in [0.2, 0.25) is 0 Å². The van der Waals surface area contributed by atoms with Gasteiger partial charge in [-0.05, 0) is 30.1 Å². The third kappa shape index (κ3) is 1.10. The highest BCUT2D eigenvalue weighted by molar-refractivity contribution is 6.10. The van der Waals surface area contributed by atoms with Crippen LogP contribution in [0.3, 0.4) is 0 Å². The molecular weight excluding hydrogens is 268 g/mol. The minimum absolute atomic E-state index is 0.0234. The monoisotopic (exact) mass is 286 g/mol. The van der Waals surface area contributed by atoms with Crippen molar-refractivity contribution in [2.24, 2.45) is 90.7 Å². The largest absolute Gasteiger partial charge is 0.369 e. The summed E-state index contributed by atoms with van der Waals surface area (Å²) < 4.78 is 0. The first-order valence-corrected chi connectivity index (χ1v) is 7.42. The Bertz CT molecular complexity index is 593. The van der Waals surface area contributed by atoms with E-state index in [4.69, 9.17) is 22.9 Å². The summed E-state index contributed by atoms with van der Waals surface area (Å²) in [6.45, 7) is 0. The first kappa shape index (κ1) is 11.5. The van der Waals surface area contributed by atoms with Crippen molar-refractivity contribution < 1.29 is 0 Å². The average molecular weight is 286 g/mol. The molecule has 8 N–H and O–H groups in total. The van der Waals surface area contributed by atoms with Crippen LogP contribution in [0.15, 0.2) is 20.4 Å². The molecule has 5 fully saturated rings. The summed E-state index contributed by atoms with van der Waals surface area (Å²) in [5, 5.41) is 16.6. The minimum atomic E-state index is 0.0234. The van der Waals surface area contributed by atoms with E-state index in [-0.39, 0.29) is 11.9 Å². The second kappa shape index (κ2) is 3.37. The molecule has 0 saturated heterocycles. The van der Waals surface area contributed by atoms with E-state index in [1.165, 1.54) is 17.8 Å². The van der Waals surface area contributed by atoms with Crippen LogP contribution in [0.1, 0.15) is 6.42 Å². The van der Waals surface area contributed by atoms with Crippen molar-refractivity contribution in [2.45, 2.75) is 6.42 Å². The zero-order valence-electron chi connectivity index (χ0n) is 11.4. The van der Waals surface area contributed by atoms with Crippen molar-refractivity contribution >= 4 is 23.3 Å². The fourth-order valence-corrected chi connectivity index (χ4v) is 6.36. The maximum absolute atomic E-state index is 5.42. The van der Waals surface area contributed by atoms with E-state index in [1.54, 1.807) is 0 Å². The van der Waals surface area contributed by atoms with Crippen molar-refractivity contribution in [3.8, 4) is 0 Å². The second-order valence-electron chi connectivity index (χ2n) is 6.92. The molecule has 8 unspecified atom stereocenters. The third-order valence-electron chi connectivity index (χ3n) is 6.43. The highest BCUT2D eigenvalue weighted by Gasteiger charge is 2.82. The summed E-state index contributed by atoms with van der Waals surface area (Å²) >= 11 is 0. The Kier molecular flexibility index (Phi) is 1.85. The lowest BCUT2D eigenvalue weighted by Crippen LogP contribution is -2.48. The molecule has 21 heavy (non-hydrogen) atoms. The molecule has 0 aromatic carbocycles. The molecule has 110 valence electrons. The highest BCUT2D eigenvalue weighted by Crippen LogP contribution is 2.81. The van der Waals surface area contributed by atoms with Crippen molar-refractivity contribution in [3.63, 3.8) is 0 Å². The van der Waals surface area contributed by atoms with Crippen molar-refractivity contribution in [1.82, 2.24) is 0 Å². The van der Waals surface area contributed by atoms with Crippen LogP contribution in [-0.4, -0.2) is 23.3 Å². The van der Waals surface area contributed by atoms with Gasteiger partial charge in [0.2, 0.25) is 11.9 Å². The van der Waals surface area contributed by atoms with Crippen LogP contribution < -0.4 is 22.9 Å². The number of nitrogens with two attached hydrogens (primary N) is 4.